The summed E-state index contributed by atoms with van der Waals surface area (Å²) in [6, 6.07) is 15.7. The Labute approximate surface area is 125 Å². The molecule has 1 heterocycles. The van der Waals surface area contributed by atoms with Gasteiger partial charge in [-0.3, -0.25) is 4.79 Å². The van der Waals surface area contributed by atoms with E-state index in [9.17, 15) is 4.79 Å². The average Bonchev–Trinajstić information content (AvgIpc) is 3.02. The number of rotatable bonds is 3. The van der Waals surface area contributed by atoms with Crippen molar-refractivity contribution in [3.05, 3.63) is 59.7 Å². The summed E-state index contributed by atoms with van der Waals surface area (Å²) in [7, 11) is 0. The van der Waals surface area contributed by atoms with Crippen molar-refractivity contribution in [3.63, 3.8) is 0 Å². The third-order valence-electron chi connectivity index (χ3n) is 3.88. The number of carbonyl (C=O) groups is 1. The SMILES string of the molecule is Cc1cccc(C(=O)Nc2ccccc2N2CCCC2)c1. The highest BCUT2D eigenvalue weighted by Gasteiger charge is 2.16. The summed E-state index contributed by atoms with van der Waals surface area (Å²) in [4.78, 5) is 14.7. The molecule has 1 fully saturated rings. The number of benzene rings is 2. The monoisotopic (exact) mass is 280 g/mol. The van der Waals surface area contributed by atoms with Crippen molar-refractivity contribution in [1.29, 1.82) is 0 Å². The van der Waals surface area contributed by atoms with Gasteiger partial charge in [-0.1, -0.05) is 29.8 Å². The Balaban J connectivity index is 1.83. The smallest absolute Gasteiger partial charge is 0.255 e. The van der Waals surface area contributed by atoms with Crippen LogP contribution in [-0.2, 0) is 0 Å². The van der Waals surface area contributed by atoms with E-state index in [0.717, 1.165) is 30.0 Å². The highest BCUT2D eigenvalue weighted by molar-refractivity contribution is 6.06. The van der Waals surface area contributed by atoms with Crippen molar-refractivity contribution < 1.29 is 4.79 Å². The molecule has 108 valence electrons. The summed E-state index contributed by atoms with van der Waals surface area (Å²) < 4.78 is 0. The van der Waals surface area contributed by atoms with Crippen LogP contribution < -0.4 is 10.2 Å². The van der Waals surface area contributed by atoms with Gasteiger partial charge in [-0.15, -0.1) is 0 Å². The minimum absolute atomic E-state index is 0.0506. The van der Waals surface area contributed by atoms with Gasteiger partial charge in [0.2, 0.25) is 0 Å². The second-order valence-corrected chi connectivity index (χ2v) is 5.53. The molecule has 1 saturated heterocycles. The molecule has 0 spiro atoms. The predicted octanol–water partition coefficient (Wildman–Crippen LogP) is 3.85. The molecule has 21 heavy (non-hydrogen) atoms. The summed E-state index contributed by atoms with van der Waals surface area (Å²) in [6.07, 6.45) is 2.44. The van der Waals surface area contributed by atoms with E-state index in [1.807, 2.05) is 49.4 Å². The van der Waals surface area contributed by atoms with Gasteiger partial charge in [0, 0.05) is 18.7 Å². The molecule has 2 aromatic rings. The van der Waals surface area contributed by atoms with Gasteiger partial charge in [-0.25, -0.2) is 0 Å². The first-order valence-electron chi connectivity index (χ1n) is 7.46. The zero-order chi connectivity index (χ0) is 14.7. The van der Waals surface area contributed by atoms with Crippen LogP contribution >= 0.6 is 0 Å². The third-order valence-corrected chi connectivity index (χ3v) is 3.88. The maximum atomic E-state index is 12.4. The fourth-order valence-electron chi connectivity index (χ4n) is 2.79. The molecule has 1 N–H and O–H groups in total. The lowest BCUT2D eigenvalue weighted by Gasteiger charge is -2.21. The van der Waals surface area contributed by atoms with Crippen LogP contribution in [0.5, 0.6) is 0 Å². The molecule has 1 aliphatic rings. The molecule has 0 aliphatic carbocycles. The number of nitrogens with one attached hydrogen (secondary N) is 1. The van der Waals surface area contributed by atoms with Gasteiger partial charge < -0.3 is 10.2 Å². The quantitative estimate of drug-likeness (QED) is 0.926. The van der Waals surface area contributed by atoms with Crippen molar-refractivity contribution in [3.8, 4) is 0 Å². The highest BCUT2D eigenvalue weighted by atomic mass is 16.1. The van der Waals surface area contributed by atoms with Crippen molar-refractivity contribution in [2.45, 2.75) is 19.8 Å². The Hall–Kier alpha value is -2.29. The number of hydrogen-bond donors (Lipinski definition) is 1. The zero-order valence-electron chi connectivity index (χ0n) is 12.3. The number of nitrogens with zero attached hydrogens (tertiary/aromatic N) is 1. The lowest BCUT2D eigenvalue weighted by atomic mass is 10.1. The third kappa shape index (κ3) is 3.07. The van der Waals surface area contributed by atoms with Crippen LogP contribution in [-0.4, -0.2) is 19.0 Å². The topological polar surface area (TPSA) is 32.3 Å². The van der Waals surface area contributed by atoms with E-state index in [1.54, 1.807) is 0 Å². The fourth-order valence-corrected chi connectivity index (χ4v) is 2.79. The van der Waals surface area contributed by atoms with E-state index in [4.69, 9.17) is 0 Å². The number of para-hydroxylation sites is 2. The van der Waals surface area contributed by atoms with Crippen molar-refractivity contribution >= 4 is 17.3 Å². The van der Waals surface area contributed by atoms with E-state index in [1.165, 1.54) is 12.8 Å². The largest absolute Gasteiger partial charge is 0.370 e. The first-order valence-corrected chi connectivity index (χ1v) is 7.46. The molecule has 2 aromatic carbocycles. The molecule has 0 bridgehead atoms. The molecule has 1 aliphatic heterocycles. The minimum Gasteiger partial charge on any atom is -0.370 e. The van der Waals surface area contributed by atoms with Crippen LogP contribution in [0.15, 0.2) is 48.5 Å². The van der Waals surface area contributed by atoms with E-state index >= 15 is 0 Å². The molecule has 1 amide bonds. The molecule has 0 radical (unpaired) electrons. The van der Waals surface area contributed by atoms with Gasteiger partial charge in [0.25, 0.3) is 5.91 Å². The van der Waals surface area contributed by atoms with Crippen molar-refractivity contribution in [1.82, 2.24) is 0 Å². The Morgan fingerprint density at radius 3 is 2.57 bits per heavy atom. The molecule has 0 atom stereocenters. The van der Waals surface area contributed by atoms with Crippen LogP contribution in [0.3, 0.4) is 0 Å². The summed E-state index contributed by atoms with van der Waals surface area (Å²) >= 11 is 0. The van der Waals surface area contributed by atoms with Gasteiger partial charge in [0.15, 0.2) is 0 Å². The number of anilines is 2. The Kier molecular flexibility index (Phi) is 3.91. The highest BCUT2D eigenvalue weighted by Crippen LogP contribution is 2.28. The lowest BCUT2D eigenvalue weighted by Crippen LogP contribution is -2.21. The Morgan fingerprint density at radius 1 is 1.05 bits per heavy atom. The van der Waals surface area contributed by atoms with Gasteiger partial charge in [0.05, 0.1) is 11.4 Å². The first-order chi connectivity index (χ1) is 10.2. The van der Waals surface area contributed by atoms with Gasteiger partial charge in [-0.2, -0.15) is 0 Å². The zero-order valence-corrected chi connectivity index (χ0v) is 12.3. The van der Waals surface area contributed by atoms with Crippen LogP contribution in [0.4, 0.5) is 11.4 Å². The number of aryl methyl sites for hydroxylation is 1. The van der Waals surface area contributed by atoms with Crippen LogP contribution in [0, 0.1) is 6.92 Å². The molecular formula is C18H20N2O. The second kappa shape index (κ2) is 6.00. The van der Waals surface area contributed by atoms with E-state index in [0.29, 0.717) is 5.56 Å². The molecular weight excluding hydrogens is 260 g/mol. The van der Waals surface area contributed by atoms with Crippen LogP contribution in [0.1, 0.15) is 28.8 Å². The summed E-state index contributed by atoms with van der Waals surface area (Å²) in [5.41, 5.74) is 3.81. The van der Waals surface area contributed by atoms with Gasteiger partial charge >= 0.3 is 0 Å². The number of carbonyl (C=O) groups excluding carboxylic acids is 1. The Bertz CT molecular complexity index is 645. The van der Waals surface area contributed by atoms with Crippen molar-refractivity contribution in [2.75, 3.05) is 23.3 Å². The molecule has 0 aromatic heterocycles. The Morgan fingerprint density at radius 2 is 1.81 bits per heavy atom. The standard InChI is InChI=1S/C18H20N2O/c1-14-7-6-8-15(13-14)18(21)19-16-9-2-3-10-17(16)20-11-4-5-12-20/h2-3,6-10,13H,4-5,11-12H2,1H3,(H,19,21). The summed E-state index contributed by atoms with van der Waals surface area (Å²) in [5.74, 6) is -0.0506. The molecule has 0 unspecified atom stereocenters. The molecule has 3 heteroatoms. The summed E-state index contributed by atoms with van der Waals surface area (Å²) in [5, 5.41) is 3.05. The fraction of sp³-hybridized carbons (Fsp3) is 0.278. The second-order valence-electron chi connectivity index (χ2n) is 5.53. The molecule has 3 rings (SSSR count). The van der Waals surface area contributed by atoms with Gasteiger partial charge in [0.1, 0.15) is 0 Å². The maximum absolute atomic E-state index is 12.4. The van der Waals surface area contributed by atoms with Crippen LogP contribution in [0.2, 0.25) is 0 Å². The molecule has 3 nitrogen and oxygen atoms in total. The minimum atomic E-state index is -0.0506. The molecule has 0 saturated carbocycles. The number of amides is 1. The van der Waals surface area contributed by atoms with E-state index in [2.05, 4.69) is 16.3 Å². The number of hydrogen-bond acceptors (Lipinski definition) is 2. The van der Waals surface area contributed by atoms with Crippen molar-refractivity contribution in [2.24, 2.45) is 0 Å². The summed E-state index contributed by atoms with van der Waals surface area (Å²) in [6.45, 7) is 4.13. The van der Waals surface area contributed by atoms with Crippen LogP contribution in [0.25, 0.3) is 0 Å². The van der Waals surface area contributed by atoms with E-state index in [-0.39, 0.29) is 5.91 Å². The van der Waals surface area contributed by atoms with Gasteiger partial charge in [-0.05, 0) is 44.0 Å². The normalized spacial score (nSPS) is 14.2. The van der Waals surface area contributed by atoms with E-state index < -0.39 is 0 Å². The predicted molar refractivity (Wildman–Crippen MR) is 87.0 cm³/mol. The first kappa shape index (κ1) is 13.7. The average molecular weight is 280 g/mol. The maximum Gasteiger partial charge on any atom is 0.255 e. The lowest BCUT2D eigenvalue weighted by molar-refractivity contribution is 0.102.